The number of aryl methyl sites for hydroxylation is 2. The SMILES string of the molecule is CCCCCN(CCCCC)c1cc2c(cc1C)sc1cc(C)c(N(CCCCC)CCCCC)cc12. The lowest BCUT2D eigenvalue weighted by molar-refractivity contribution is 0.636. The summed E-state index contributed by atoms with van der Waals surface area (Å²) in [6, 6.07) is 10.0. The number of thiophene rings is 1. The molecule has 3 aromatic rings. The fourth-order valence-corrected chi connectivity index (χ4v) is 6.91. The molecular formula is C34H54N2S. The van der Waals surface area contributed by atoms with E-state index in [1.54, 1.807) is 0 Å². The van der Waals surface area contributed by atoms with E-state index in [4.69, 9.17) is 0 Å². The topological polar surface area (TPSA) is 6.48 Å². The standard InChI is InChI=1S/C34H54N2S/c1-7-11-15-19-35(20-16-12-8-2)31-25-29-30-26-32(36(21-17-13-9-3)22-18-14-10-4)28(6)24-34(30)37-33(29)23-27(31)5/h23-26H,7-22H2,1-6H3. The van der Waals surface area contributed by atoms with E-state index in [0.29, 0.717) is 0 Å². The molecule has 0 aliphatic rings. The van der Waals surface area contributed by atoms with Gasteiger partial charge in [0.2, 0.25) is 0 Å². The van der Waals surface area contributed by atoms with Crippen LogP contribution in [0.2, 0.25) is 0 Å². The molecule has 0 unspecified atom stereocenters. The predicted octanol–water partition coefficient (Wildman–Crippen LogP) is 11.0. The Bertz CT molecular complexity index is 978. The second-order valence-electron chi connectivity index (χ2n) is 11.2. The molecule has 0 radical (unpaired) electrons. The zero-order valence-corrected chi connectivity index (χ0v) is 25.7. The Morgan fingerprint density at radius 1 is 0.486 bits per heavy atom. The maximum atomic E-state index is 2.69. The summed E-state index contributed by atoms with van der Waals surface area (Å²) in [6.07, 6.45) is 15.6. The quantitative estimate of drug-likeness (QED) is 0.153. The van der Waals surface area contributed by atoms with Gasteiger partial charge in [0, 0.05) is 57.7 Å². The van der Waals surface area contributed by atoms with E-state index in [2.05, 4.69) is 75.6 Å². The Hall–Kier alpha value is -1.74. The molecule has 37 heavy (non-hydrogen) atoms. The average Bonchev–Trinajstić information content (AvgIpc) is 3.22. The molecule has 2 aromatic carbocycles. The van der Waals surface area contributed by atoms with Crippen LogP contribution < -0.4 is 9.80 Å². The molecular weight excluding hydrogens is 468 g/mol. The molecule has 2 nitrogen and oxygen atoms in total. The summed E-state index contributed by atoms with van der Waals surface area (Å²) in [7, 11) is 0. The lowest BCUT2D eigenvalue weighted by Crippen LogP contribution is -2.26. The molecule has 1 aromatic heterocycles. The number of hydrogen-bond donors (Lipinski definition) is 0. The van der Waals surface area contributed by atoms with Crippen LogP contribution in [-0.2, 0) is 0 Å². The van der Waals surface area contributed by atoms with Crippen molar-refractivity contribution in [3.8, 4) is 0 Å². The number of fused-ring (bicyclic) bond motifs is 3. The molecule has 0 aliphatic heterocycles. The molecule has 0 spiro atoms. The van der Waals surface area contributed by atoms with Gasteiger partial charge in [0.25, 0.3) is 0 Å². The van der Waals surface area contributed by atoms with Crippen LogP contribution in [0.5, 0.6) is 0 Å². The highest BCUT2D eigenvalue weighted by Crippen LogP contribution is 2.41. The Morgan fingerprint density at radius 2 is 0.811 bits per heavy atom. The third-order valence-electron chi connectivity index (χ3n) is 7.91. The average molecular weight is 523 g/mol. The van der Waals surface area contributed by atoms with Crippen molar-refractivity contribution in [2.24, 2.45) is 0 Å². The van der Waals surface area contributed by atoms with Crippen LogP contribution in [-0.4, -0.2) is 26.2 Å². The van der Waals surface area contributed by atoms with Gasteiger partial charge < -0.3 is 9.80 Å². The number of hydrogen-bond acceptors (Lipinski definition) is 3. The first kappa shape index (κ1) is 29.8. The summed E-state index contributed by atoms with van der Waals surface area (Å²) >= 11 is 1.98. The first-order chi connectivity index (χ1) is 18.0. The molecule has 0 saturated carbocycles. The molecule has 0 aliphatic carbocycles. The van der Waals surface area contributed by atoms with Crippen molar-refractivity contribution < 1.29 is 0 Å². The molecule has 0 amide bonds. The smallest absolute Gasteiger partial charge is 0.0403 e. The molecule has 3 rings (SSSR count). The van der Waals surface area contributed by atoms with E-state index in [1.807, 2.05) is 11.3 Å². The van der Waals surface area contributed by atoms with Crippen LogP contribution in [0, 0.1) is 13.8 Å². The van der Waals surface area contributed by atoms with E-state index in [9.17, 15) is 0 Å². The van der Waals surface area contributed by atoms with Crippen LogP contribution >= 0.6 is 11.3 Å². The van der Waals surface area contributed by atoms with Crippen molar-refractivity contribution >= 4 is 42.9 Å². The first-order valence-electron chi connectivity index (χ1n) is 15.5. The highest BCUT2D eigenvalue weighted by Gasteiger charge is 2.17. The number of nitrogens with zero attached hydrogens (tertiary/aromatic N) is 2. The van der Waals surface area contributed by atoms with Crippen molar-refractivity contribution in [2.75, 3.05) is 36.0 Å². The van der Waals surface area contributed by atoms with Crippen LogP contribution in [0.3, 0.4) is 0 Å². The summed E-state index contributed by atoms with van der Waals surface area (Å²) in [4.78, 5) is 5.39. The van der Waals surface area contributed by atoms with Crippen LogP contribution in [0.4, 0.5) is 11.4 Å². The van der Waals surface area contributed by atoms with Crippen molar-refractivity contribution in [1.29, 1.82) is 0 Å². The summed E-state index contributed by atoms with van der Waals surface area (Å²) in [5.41, 5.74) is 5.79. The minimum atomic E-state index is 1.18. The van der Waals surface area contributed by atoms with Gasteiger partial charge in [-0.05, 0) is 74.9 Å². The number of rotatable bonds is 18. The Labute approximate surface area is 232 Å². The second-order valence-corrected chi connectivity index (χ2v) is 12.3. The lowest BCUT2D eigenvalue weighted by atomic mass is 10.0. The van der Waals surface area contributed by atoms with Gasteiger partial charge >= 0.3 is 0 Å². The van der Waals surface area contributed by atoms with Crippen LogP contribution in [0.15, 0.2) is 24.3 Å². The Balaban J connectivity index is 2.01. The summed E-state index contributed by atoms with van der Waals surface area (Å²) in [5.74, 6) is 0. The lowest BCUT2D eigenvalue weighted by Gasteiger charge is -2.27. The van der Waals surface area contributed by atoms with E-state index in [1.165, 1.54) is 146 Å². The van der Waals surface area contributed by atoms with Gasteiger partial charge in [-0.15, -0.1) is 11.3 Å². The summed E-state index contributed by atoms with van der Waals surface area (Å²) < 4.78 is 2.89. The minimum absolute atomic E-state index is 1.18. The molecule has 0 atom stereocenters. The summed E-state index contributed by atoms with van der Waals surface area (Å²) in [5, 5.41) is 2.92. The van der Waals surface area contributed by atoms with Crippen molar-refractivity contribution in [1.82, 2.24) is 0 Å². The van der Waals surface area contributed by atoms with Gasteiger partial charge in [-0.3, -0.25) is 0 Å². The molecule has 0 saturated heterocycles. The maximum Gasteiger partial charge on any atom is 0.0403 e. The second kappa shape index (κ2) is 15.6. The highest BCUT2D eigenvalue weighted by molar-refractivity contribution is 7.25. The van der Waals surface area contributed by atoms with E-state index < -0.39 is 0 Å². The predicted molar refractivity (Wildman–Crippen MR) is 171 cm³/mol. The van der Waals surface area contributed by atoms with Gasteiger partial charge in [-0.2, -0.15) is 0 Å². The number of anilines is 2. The van der Waals surface area contributed by atoms with Crippen LogP contribution in [0.1, 0.15) is 116 Å². The fourth-order valence-electron chi connectivity index (χ4n) is 5.65. The number of unbranched alkanes of at least 4 members (excludes halogenated alkanes) is 8. The van der Waals surface area contributed by atoms with Crippen molar-refractivity contribution in [3.05, 3.63) is 35.4 Å². The molecule has 0 N–H and O–H groups in total. The third kappa shape index (κ3) is 8.12. The minimum Gasteiger partial charge on any atom is -0.371 e. The van der Waals surface area contributed by atoms with E-state index in [-0.39, 0.29) is 0 Å². The normalized spacial score (nSPS) is 11.6. The van der Waals surface area contributed by atoms with Crippen LogP contribution in [0.25, 0.3) is 20.2 Å². The Kier molecular flexibility index (Phi) is 12.6. The van der Waals surface area contributed by atoms with Gasteiger partial charge in [-0.1, -0.05) is 79.1 Å². The fraction of sp³-hybridized carbons (Fsp3) is 0.647. The van der Waals surface area contributed by atoms with Crippen molar-refractivity contribution in [2.45, 2.75) is 119 Å². The summed E-state index contributed by atoms with van der Waals surface area (Å²) in [6.45, 7) is 18.6. The maximum absolute atomic E-state index is 2.69. The van der Waals surface area contributed by atoms with E-state index >= 15 is 0 Å². The Morgan fingerprint density at radius 3 is 1.11 bits per heavy atom. The van der Waals surface area contributed by atoms with Gasteiger partial charge in [-0.25, -0.2) is 0 Å². The molecule has 3 heteroatoms. The monoisotopic (exact) mass is 522 g/mol. The zero-order chi connectivity index (χ0) is 26.6. The molecule has 0 fully saturated rings. The first-order valence-corrected chi connectivity index (χ1v) is 16.3. The number of benzene rings is 2. The highest BCUT2D eigenvalue weighted by atomic mass is 32.1. The molecule has 1 heterocycles. The van der Waals surface area contributed by atoms with Gasteiger partial charge in [0.1, 0.15) is 0 Å². The zero-order valence-electron chi connectivity index (χ0n) is 24.9. The molecule has 0 bridgehead atoms. The van der Waals surface area contributed by atoms with Gasteiger partial charge in [0.15, 0.2) is 0 Å². The van der Waals surface area contributed by atoms with E-state index in [0.717, 1.165) is 0 Å². The largest absolute Gasteiger partial charge is 0.371 e. The molecule has 206 valence electrons. The van der Waals surface area contributed by atoms with Gasteiger partial charge in [0.05, 0.1) is 0 Å². The van der Waals surface area contributed by atoms with Crippen molar-refractivity contribution in [3.63, 3.8) is 0 Å². The third-order valence-corrected chi connectivity index (χ3v) is 9.03.